The van der Waals surface area contributed by atoms with E-state index in [9.17, 15) is 18.8 Å². The fourth-order valence-electron chi connectivity index (χ4n) is 3.89. The summed E-state index contributed by atoms with van der Waals surface area (Å²) in [5.74, 6) is -0.616. The topological polar surface area (TPSA) is 69.7 Å². The minimum Gasteiger partial charge on any atom is -0.347 e. The van der Waals surface area contributed by atoms with Gasteiger partial charge in [0.25, 0.3) is 0 Å². The van der Waals surface area contributed by atoms with Crippen LogP contribution >= 0.6 is 0 Å². The van der Waals surface area contributed by atoms with Gasteiger partial charge in [0.15, 0.2) is 0 Å². The van der Waals surface area contributed by atoms with Gasteiger partial charge >= 0.3 is 0 Å². The van der Waals surface area contributed by atoms with Crippen LogP contribution < -0.4 is 5.32 Å². The molecule has 1 atom stereocenters. The molecule has 3 amide bonds. The van der Waals surface area contributed by atoms with Gasteiger partial charge in [-0.2, -0.15) is 0 Å². The van der Waals surface area contributed by atoms with Crippen LogP contribution in [-0.2, 0) is 20.9 Å². The van der Waals surface area contributed by atoms with E-state index in [1.54, 1.807) is 17.0 Å². The second-order valence-corrected chi connectivity index (χ2v) is 7.21. The van der Waals surface area contributed by atoms with Gasteiger partial charge in [0.05, 0.1) is 12.0 Å². The zero-order valence-corrected chi connectivity index (χ0v) is 15.0. The van der Waals surface area contributed by atoms with Gasteiger partial charge in [-0.3, -0.25) is 14.4 Å². The van der Waals surface area contributed by atoms with Crippen LogP contribution in [0.4, 0.5) is 4.39 Å². The third-order valence-electron chi connectivity index (χ3n) is 5.31. The largest absolute Gasteiger partial charge is 0.347 e. The van der Waals surface area contributed by atoms with Crippen LogP contribution in [0.2, 0.25) is 0 Å². The van der Waals surface area contributed by atoms with Gasteiger partial charge in [-0.15, -0.1) is 0 Å². The maximum atomic E-state index is 13.1. The van der Waals surface area contributed by atoms with Crippen molar-refractivity contribution in [3.63, 3.8) is 0 Å². The fourth-order valence-corrected chi connectivity index (χ4v) is 3.89. The fraction of sp³-hybridized carbons (Fsp3) is 0.526. The monoisotopic (exact) mass is 361 g/mol. The summed E-state index contributed by atoms with van der Waals surface area (Å²) < 4.78 is 13.1. The van der Waals surface area contributed by atoms with Crippen LogP contribution in [0, 0.1) is 11.2 Å². The standard InChI is InChI=1S/C19H24FN3O3/c1-14(24)21-11-17(25)23-10-8-19(13-23)7-2-9-22(18(19)26)12-15-3-5-16(20)6-4-15/h3-6H,2,7-13H2,1H3,(H,21,24)/t19-/m1/s1. The molecule has 26 heavy (non-hydrogen) atoms. The Kier molecular flexibility index (Phi) is 5.25. The summed E-state index contributed by atoms with van der Waals surface area (Å²) in [6.07, 6.45) is 2.31. The molecular formula is C19H24FN3O3. The Morgan fingerprint density at radius 1 is 1.19 bits per heavy atom. The van der Waals surface area contributed by atoms with Crippen molar-refractivity contribution in [1.82, 2.24) is 15.1 Å². The molecule has 1 spiro atoms. The Hall–Kier alpha value is -2.44. The Bertz CT molecular complexity index is 706. The SMILES string of the molecule is CC(=O)NCC(=O)N1CC[C@]2(CCCN(Cc3ccc(F)cc3)C2=O)C1. The van der Waals surface area contributed by atoms with Gasteiger partial charge in [0.2, 0.25) is 17.7 Å². The lowest BCUT2D eigenvalue weighted by Gasteiger charge is -2.39. The normalized spacial score (nSPS) is 22.8. The van der Waals surface area contributed by atoms with Crippen molar-refractivity contribution < 1.29 is 18.8 Å². The third-order valence-corrected chi connectivity index (χ3v) is 5.31. The molecule has 140 valence electrons. The molecular weight excluding hydrogens is 337 g/mol. The van der Waals surface area contributed by atoms with Crippen LogP contribution in [-0.4, -0.2) is 53.7 Å². The molecule has 3 rings (SSSR count). The van der Waals surface area contributed by atoms with Gasteiger partial charge in [-0.1, -0.05) is 12.1 Å². The first-order chi connectivity index (χ1) is 12.4. The van der Waals surface area contributed by atoms with Crippen LogP contribution in [0.3, 0.4) is 0 Å². The van der Waals surface area contributed by atoms with E-state index in [4.69, 9.17) is 0 Å². The molecule has 1 aromatic rings. The molecule has 7 heteroatoms. The third kappa shape index (κ3) is 3.86. The molecule has 2 aliphatic heterocycles. The lowest BCUT2D eigenvalue weighted by atomic mass is 9.78. The summed E-state index contributed by atoms with van der Waals surface area (Å²) in [6, 6.07) is 6.19. The summed E-state index contributed by atoms with van der Waals surface area (Å²) in [5.41, 5.74) is 0.373. The van der Waals surface area contributed by atoms with E-state index in [0.29, 0.717) is 32.6 Å². The average molecular weight is 361 g/mol. The minimum absolute atomic E-state index is 0.0289. The highest BCUT2D eigenvalue weighted by Crippen LogP contribution is 2.40. The molecule has 0 aromatic heterocycles. The predicted molar refractivity (Wildman–Crippen MR) is 93.4 cm³/mol. The number of hydrogen-bond donors (Lipinski definition) is 1. The number of hydrogen-bond acceptors (Lipinski definition) is 3. The highest BCUT2D eigenvalue weighted by Gasteiger charge is 2.49. The van der Waals surface area contributed by atoms with Crippen molar-refractivity contribution >= 4 is 17.7 Å². The summed E-state index contributed by atoms with van der Waals surface area (Å²) in [6.45, 7) is 3.42. The van der Waals surface area contributed by atoms with Gasteiger partial charge in [0.1, 0.15) is 5.82 Å². The number of amides is 3. The molecule has 1 N–H and O–H groups in total. The van der Waals surface area contributed by atoms with E-state index in [2.05, 4.69) is 5.32 Å². The van der Waals surface area contributed by atoms with E-state index in [-0.39, 0.29) is 30.1 Å². The Morgan fingerprint density at radius 2 is 1.92 bits per heavy atom. The molecule has 2 aliphatic rings. The molecule has 2 fully saturated rings. The first-order valence-electron chi connectivity index (χ1n) is 8.96. The zero-order valence-electron chi connectivity index (χ0n) is 15.0. The van der Waals surface area contributed by atoms with Crippen LogP contribution in [0.15, 0.2) is 24.3 Å². The van der Waals surface area contributed by atoms with Gasteiger partial charge in [0, 0.05) is 33.1 Å². The first kappa shape index (κ1) is 18.4. The van der Waals surface area contributed by atoms with Crippen molar-refractivity contribution in [3.05, 3.63) is 35.6 Å². The highest BCUT2D eigenvalue weighted by molar-refractivity contribution is 5.87. The van der Waals surface area contributed by atoms with E-state index in [1.165, 1.54) is 19.1 Å². The van der Waals surface area contributed by atoms with E-state index >= 15 is 0 Å². The number of benzene rings is 1. The zero-order chi connectivity index (χ0) is 18.7. The number of rotatable bonds is 4. The smallest absolute Gasteiger partial charge is 0.241 e. The van der Waals surface area contributed by atoms with Crippen molar-refractivity contribution in [3.8, 4) is 0 Å². The molecule has 0 unspecified atom stereocenters. The van der Waals surface area contributed by atoms with Crippen molar-refractivity contribution in [2.45, 2.75) is 32.7 Å². The number of nitrogens with one attached hydrogen (secondary N) is 1. The van der Waals surface area contributed by atoms with Crippen molar-refractivity contribution in [2.75, 3.05) is 26.2 Å². The first-order valence-corrected chi connectivity index (χ1v) is 8.96. The van der Waals surface area contributed by atoms with Gasteiger partial charge in [-0.05, 0) is 37.0 Å². The molecule has 2 heterocycles. The summed E-state index contributed by atoms with van der Waals surface area (Å²) in [4.78, 5) is 39.8. The summed E-state index contributed by atoms with van der Waals surface area (Å²) in [5, 5.41) is 2.51. The van der Waals surface area contributed by atoms with Crippen molar-refractivity contribution in [2.24, 2.45) is 5.41 Å². The van der Waals surface area contributed by atoms with Crippen LogP contribution in [0.25, 0.3) is 0 Å². The van der Waals surface area contributed by atoms with Crippen LogP contribution in [0.1, 0.15) is 31.7 Å². The van der Waals surface area contributed by atoms with Crippen molar-refractivity contribution in [1.29, 1.82) is 0 Å². The second-order valence-electron chi connectivity index (χ2n) is 7.21. The molecule has 0 saturated carbocycles. The van der Waals surface area contributed by atoms with Crippen LogP contribution in [0.5, 0.6) is 0 Å². The Balaban J connectivity index is 1.64. The number of piperidine rings is 1. The molecule has 0 aliphatic carbocycles. The Morgan fingerprint density at radius 3 is 2.62 bits per heavy atom. The Labute approximate surface area is 152 Å². The van der Waals surface area contributed by atoms with Gasteiger partial charge < -0.3 is 15.1 Å². The minimum atomic E-state index is -0.524. The molecule has 1 aromatic carbocycles. The summed E-state index contributed by atoms with van der Waals surface area (Å²) >= 11 is 0. The second kappa shape index (κ2) is 7.43. The number of carbonyl (C=O) groups is 3. The number of nitrogens with zero attached hydrogens (tertiary/aromatic N) is 2. The quantitative estimate of drug-likeness (QED) is 0.879. The molecule has 2 saturated heterocycles. The molecule has 6 nitrogen and oxygen atoms in total. The van der Waals surface area contributed by atoms with Gasteiger partial charge in [-0.25, -0.2) is 4.39 Å². The molecule has 0 bridgehead atoms. The van der Waals surface area contributed by atoms with E-state index in [0.717, 1.165) is 18.4 Å². The lowest BCUT2D eigenvalue weighted by Crippen LogP contribution is -2.50. The number of likely N-dealkylation sites (tertiary alicyclic amines) is 2. The predicted octanol–water partition coefficient (Wildman–Crippen LogP) is 1.30. The lowest BCUT2D eigenvalue weighted by molar-refractivity contribution is -0.147. The average Bonchev–Trinajstić information content (AvgIpc) is 3.04. The van der Waals surface area contributed by atoms with E-state index in [1.807, 2.05) is 4.90 Å². The maximum Gasteiger partial charge on any atom is 0.241 e. The van der Waals surface area contributed by atoms with E-state index < -0.39 is 5.41 Å². The summed E-state index contributed by atoms with van der Waals surface area (Å²) in [7, 11) is 0. The molecule has 0 radical (unpaired) electrons. The maximum absolute atomic E-state index is 13.1. The number of carbonyl (C=O) groups excluding carboxylic acids is 3. The highest BCUT2D eigenvalue weighted by atomic mass is 19.1. The number of halogens is 1.